The average Bonchev–Trinajstić information content (AvgIpc) is 2.75. The summed E-state index contributed by atoms with van der Waals surface area (Å²) in [6, 6.07) is 0. The number of thiazole rings is 1. The average molecular weight is 211 g/mol. The maximum absolute atomic E-state index is 11.7. The lowest BCUT2D eigenvalue weighted by Gasteiger charge is -2.03. The van der Waals surface area contributed by atoms with Crippen molar-refractivity contribution >= 4 is 17.1 Å². The molecule has 1 atom stereocenters. The smallest absolute Gasteiger partial charge is 0.182 e. The molecule has 0 radical (unpaired) electrons. The van der Waals surface area contributed by atoms with Crippen LogP contribution in [0.1, 0.15) is 28.3 Å². The highest BCUT2D eigenvalue weighted by Crippen LogP contribution is 2.19. The molecule has 4 heteroatoms. The number of aryl methyl sites for hydroxylation is 1. The van der Waals surface area contributed by atoms with Gasteiger partial charge in [-0.3, -0.25) is 4.79 Å². The molecule has 0 aromatic carbocycles. The van der Waals surface area contributed by atoms with E-state index in [2.05, 4.69) is 4.98 Å². The van der Waals surface area contributed by atoms with E-state index in [-0.39, 0.29) is 5.78 Å². The summed E-state index contributed by atoms with van der Waals surface area (Å²) in [7, 11) is 0. The van der Waals surface area contributed by atoms with Gasteiger partial charge in [0.25, 0.3) is 0 Å². The van der Waals surface area contributed by atoms with Crippen molar-refractivity contribution in [3.05, 3.63) is 16.1 Å². The molecule has 3 nitrogen and oxygen atoms in total. The molecular weight excluding hydrogens is 198 g/mol. The number of hydrogen-bond donors (Lipinski definition) is 0. The first kappa shape index (κ1) is 9.80. The normalized spacial score (nSPS) is 21.4. The van der Waals surface area contributed by atoms with Crippen LogP contribution < -0.4 is 0 Å². The Morgan fingerprint density at radius 1 is 1.79 bits per heavy atom. The number of ketones is 1. The highest BCUT2D eigenvalue weighted by atomic mass is 32.1. The fourth-order valence-corrected chi connectivity index (χ4v) is 2.22. The van der Waals surface area contributed by atoms with E-state index in [9.17, 15) is 4.79 Å². The van der Waals surface area contributed by atoms with E-state index >= 15 is 0 Å². The number of carbonyl (C=O) groups is 1. The second kappa shape index (κ2) is 4.19. The van der Waals surface area contributed by atoms with Crippen molar-refractivity contribution in [1.29, 1.82) is 0 Å². The maximum atomic E-state index is 11.7. The van der Waals surface area contributed by atoms with Gasteiger partial charge in [-0.05, 0) is 19.3 Å². The van der Waals surface area contributed by atoms with E-state index < -0.39 is 0 Å². The molecule has 0 amide bonds. The summed E-state index contributed by atoms with van der Waals surface area (Å²) in [5.74, 6) is 0.564. The summed E-state index contributed by atoms with van der Waals surface area (Å²) < 4.78 is 5.23. The second-order valence-corrected chi connectivity index (χ2v) is 4.67. The minimum atomic E-state index is 0.157. The summed E-state index contributed by atoms with van der Waals surface area (Å²) in [6.07, 6.45) is 1.60. The highest BCUT2D eigenvalue weighted by Gasteiger charge is 2.20. The molecule has 1 unspecified atom stereocenters. The van der Waals surface area contributed by atoms with E-state index in [0.29, 0.717) is 18.0 Å². The first-order valence-electron chi connectivity index (χ1n) is 4.79. The van der Waals surface area contributed by atoms with Gasteiger partial charge in [-0.1, -0.05) is 0 Å². The Bertz CT molecular complexity index is 329. The predicted octanol–water partition coefficient (Wildman–Crippen LogP) is 2.06. The lowest BCUT2D eigenvalue weighted by atomic mass is 10.0. The number of hydrogen-bond acceptors (Lipinski definition) is 4. The zero-order valence-electron chi connectivity index (χ0n) is 8.16. The first-order chi connectivity index (χ1) is 6.75. The van der Waals surface area contributed by atoms with Crippen molar-refractivity contribution in [1.82, 2.24) is 4.98 Å². The molecular formula is C10H13NO2S. The number of carbonyl (C=O) groups excluding carboxylic acids is 1. The molecule has 0 N–H and O–H groups in total. The molecule has 1 aliphatic heterocycles. The van der Waals surface area contributed by atoms with Gasteiger partial charge in [0.1, 0.15) is 5.69 Å². The van der Waals surface area contributed by atoms with Gasteiger partial charge < -0.3 is 4.74 Å². The van der Waals surface area contributed by atoms with Gasteiger partial charge in [0.05, 0.1) is 5.01 Å². The lowest BCUT2D eigenvalue weighted by Crippen LogP contribution is -2.09. The van der Waals surface area contributed by atoms with Crippen molar-refractivity contribution in [3.63, 3.8) is 0 Å². The molecule has 0 saturated carbocycles. The molecule has 14 heavy (non-hydrogen) atoms. The van der Waals surface area contributed by atoms with Crippen molar-refractivity contribution in [2.75, 3.05) is 13.2 Å². The fraction of sp³-hybridized carbons (Fsp3) is 0.600. The SMILES string of the molecule is Cc1nc(C(=O)CC2CCOC2)cs1. The number of ether oxygens (including phenoxy) is 1. The summed E-state index contributed by atoms with van der Waals surface area (Å²) >= 11 is 1.53. The molecule has 0 spiro atoms. The largest absolute Gasteiger partial charge is 0.381 e. The minimum Gasteiger partial charge on any atom is -0.381 e. The van der Waals surface area contributed by atoms with Gasteiger partial charge >= 0.3 is 0 Å². The summed E-state index contributed by atoms with van der Waals surface area (Å²) in [6.45, 7) is 3.45. The number of nitrogens with zero attached hydrogens (tertiary/aromatic N) is 1. The molecule has 0 bridgehead atoms. The number of Topliss-reactive ketones (excluding diaryl/α,β-unsaturated/α-hetero) is 1. The van der Waals surface area contributed by atoms with Crippen LogP contribution in [0.25, 0.3) is 0 Å². The quantitative estimate of drug-likeness (QED) is 0.718. The Morgan fingerprint density at radius 3 is 3.21 bits per heavy atom. The fourth-order valence-electron chi connectivity index (χ4n) is 1.60. The standard InChI is InChI=1S/C10H13NO2S/c1-7-11-9(6-14-7)10(12)4-8-2-3-13-5-8/h6,8H,2-5H2,1H3. The van der Waals surface area contributed by atoms with E-state index in [0.717, 1.165) is 24.6 Å². The zero-order valence-corrected chi connectivity index (χ0v) is 8.97. The molecule has 1 saturated heterocycles. The summed E-state index contributed by atoms with van der Waals surface area (Å²) in [4.78, 5) is 15.9. The Kier molecular flexibility index (Phi) is 2.93. The highest BCUT2D eigenvalue weighted by molar-refractivity contribution is 7.09. The topological polar surface area (TPSA) is 39.2 Å². The van der Waals surface area contributed by atoms with Crippen molar-refractivity contribution in [3.8, 4) is 0 Å². The molecule has 1 aromatic rings. The zero-order chi connectivity index (χ0) is 9.97. The van der Waals surface area contributed by atoms with Crippen LogP contribution in [0.15, 0.2) is 5.38 Å². The molecule has 1 fully saturated rings. The van der Waals surface area contributed by atoms with Crippen molar-refractivity contribution in [2.24, 2.45) is 5.92 Å². The van der Waals surface area contributed by atoms with Crippen molar-refractivity contribution in [2.45, 2.75) is 19.8 Å². The van der Waals surface area contributed by atoms with E-state index in [1.807, 2.05) is 12.3 Å². The Balaban J connectivity index is 1.95. The Morgan fingerprint density at radius 2 is 2.64 bits per heavy atom. The lowest BCUT2D eigenvalue weighted by molar-refractivity contribution is 0.0948. The van der Waals surface area contributed by atoms with Gasteiger partial charge in [-0.15, -0.1) is 11.3 Å². The van der Waals surface area contributed by atoms with Crippen LogP contribution >= 0.6 is 11.3 Å². The van der Waals surface area contributed by atoms with Gasteiger partial charge in [0, 0.05) is 25.0 Å². The van der Waals surface area contributed by atoms with Crippen LogP contribution in [-0.4, -0.2) is 24.0 Å². The number of aromatic nitrogens is 1. The van der Waals surface area contributed by atoms with Crippen LogP contribution in [0.2, 0.25) is 0 Å². The van der Waals surface area contributed by atoms with Crippen LogP contribution in [0.3, 0.4) is 0 Å². The van der Waals surface area contributed by atoms with Gasteiger partial charge in [0.2, 0.25) is 0 Å². The van der Waals surface area contributed by atoms with E-state index in [1.54, 1.807) is 0 Å². The molecule has 1 aromatic heterocycles. The van der Waals surface area contributed by atoms with Crippen LogP contribution in [0, 0.1) is 12.8 Å². The third kappa shape index (κ3) is 2.19. The third-order valence-electron chi connectivity index (χ3n) is 2.40. The van der Waals surface area contributed by atoms with Gasteiger partial charge in [-0.2, -0.15) is 0 Å². The Labute approximate surface area is 87.1 Å². The summed E-state index contributed by atoms with van der Waals surface area (Å²) in [5.41, 5.74) is 0.624. The minimum absolute atomic E-state index is 0.157. The molecule has 0 aliphatic carbocycles. The monoisotopic (exact) mass is 211 g/mol. The van der Waals surface area contributed by atoms with Crippen LogP contribution in [0.4, 0.5) is 0 Å². The van der Waals surface area contributed by atoms with Crippen LogP contribution in [-0.2, 0) is 4.74 Å². The number of rotatable bonds is 3. The predicted molar refractivity (Wildman–Crippen MR) is 54.7 cm³/mol. The molecule has 1 aliphatic rings. The van der Waals surface area contributed by atoms with Crippen molar-refractivity contribution < 1.29 is 9.53 Å². The molecule has 2 heterocycles. The van der Waals surface area contributed by atoms with Gasteiger partial charge in [0.15, 0.2) is 5.78 Å². The van der Waals surface area contributed by atoms with Gasteiger partial charge in [-0.25, -0.2) is 4.98 Å². The van der Waals surface area contributed by atoms with Crippen LogP contribution in [0.5, 0.6) is 0 Å². The Hall–Kier alpha value is -0.740. The van der Waals surface area contributed by atoms with E-state index in [1.165, 1.54) is 11.3 Å². The maximum Gasteiger partial charge on any atom is 0.182 e. The molecule has 76 valence electrons. The third-order valence-corrected chi connectivity index (χ3v) is 3.18. The van der Waals surface area contributed by atoms with E-state index in [4.69, 9.17) is 4.74 Å². The molecule has 2 rings (SSSR count). The second-order valence-electron chi connectivity index (χ2n) is 3.61. The summed E-state index contributed by atoms with van der Waals surface area (Å²) in [5, 5.41) is 2.80. The first-order valence-corrected chi connectivity index (χ1v) is 5.67.